The second-order valence-corrected chi connectivity index (χ2v) is 32.8. The Labute approximate surface area is 610 Å². The summed E-state index contributed by atoms with van der Waals surface area (Å²) in [5.74, 6) is 10.8. The summed E-state index contributed by atoms with van der Waals surface area (Å²) in [5, 5.41) is 14.3. The van der Waals surface area contributed by atoms with E-state index in [1.807, 2.05) is 53.2 Å². The maximum atomic E-state index is 10.2. The van der Waals surface area contributed by atoms with Crippen molar-refractivity contribution in [2.75, 3.05) is 0 Å². The van der Waals surface area contributed by atoms with Gasteiger partial charge in [0, 0.05) is 36.9 Å². The Morgan fingerprint density at radius 1 is 0.323 bits per heavy atom. The third-order valence-electron chi connectivity index (χ3n) is 4.88. The van der Waals surface area contributed by atoms with Gasteiger partial charge in [0.2, 0.25) is 0 Å². The first-order valence-corrected chi connectivity index (χ1v) is 37.5. The van der Waals surface area contributed by atoms with Gasteiger partial charge in [-0.15, -0.1) is 0 Å². The van der Waals surface area contributed by atoms with Gasteiger partial charge in [-0.05, 0) is 135 Å². The van der Waals surface area contributed by atoms with Crippen molar-refractivity contribution in [3.8, 4) is 0 Å². The van der Waals surface area contributed by atoms with Gasteiger partial charge in [0.05, 0.1) is 12.5 Å². The van der Waals surface area contributed by atoms with E-state index in [-0.39, 0.29) is 0 Å². The maximum absolute atomic E-state index is 10.2. The van der Waals surface area contributed by atoms with E-state index in [0.717, 1.165) is 88.1 Å². The fraction of sp³-hybridized carbons (Fsp3) is 0.640. The number of furan rings is 1. The van der Waals surface area contributed by atoms with Crippen LogP contribution in [0, 0.1) is 82.1 Å². The Bertz CT molecular complexity index is 1700. The molecule has 0 spiro atoms. The molecule has 6 nitrogen and oxygen atoms in total. The molecule has 7 heteroatoms. The van der Waals surface area contributed by atoms with Crippen molar-refractivity contribution in [3.63, 3.8) is 0 Å². The van der Waals surface area contributed by atoms with E-state index in [4.69, 9.17) is 0 Å². The van der Waals surface area contributed by atoms with Crippen LogP contribution in [0.1, 0.15) is 303 Å². The molecule has 0 amide bonds. The molecule has 0 saturated carbocycles. The molecule has 5 aromatic heterocycles. The largest absolute Gasteiger partial charge is 0.619 e. The number of aromatic nitrogens is 4. The van der Waals surface area contributed by atoms with Gasteiger partial charge in [-0.3, -0.25) is 4.98 Å². The fourth-order valence-electron chi connectivity index (χ4n) is 2.73. The maximum Gasteiger partial charge on any atom is 0.180 e. The van der Waals surface area contributed by atoms with Crippen LogP contribution in [0.15, 0.2) is 193 Å². The SMILES string of the molecule is C1=CCC=C1.CC(C)(C)c1ccccc1.CC(C)C.CC(C)C.CC(C)C.CC(C)C.CC(C)C.CC(C)C.CC(C)C.CC(C)C.CC(C)C.CC(C)C.CC(C)C.CC(C)C.CC(C)C.[O-][n+]1ccccc1.c1ccncc1.c1ccoc1.c1ccsc1.c1cncnc1. The first-order valence-electron chi connectivity index (χ1n) is 36.5. The molecular weight excluding hydrogens is 1190 g/mol. The second-order valence-electron chi connectivity index (χ2n) is 32.0. The number of allylic oxidation sites excluding steroid dienone is 4. The van der Waals surface area contributed by atoms with Crippen molar-refractivity contribution in [1.82, 2.24) is 15.0 Å². The number of nitrogens with zero attached hydrogens (tertiary/aromatic N) is 4. The molecule has 6 aromatic rings. The minimum Gasteiger partial charge on any atom is -0.619 e. The zero-order valence-electron chi connectivity index (χ0n) is 72.1. The average molecular weight is 1360 g/mol. The molecule has 0 aliphatic heterocycles. The van der Waals surface area contributed by atoms with E-state index in [1.54, 1.807) is 72.9 Å². The van der Waals surface area contributed by atoms with Crippen LogP contribution < -0.4 is 4.73 Å². The summed E-state index contributed by atoms with van der Waals surface area (Å²) in [7, 11) is 0. The van der Waals surface area contributed by atoms with E-state index >= 15 is 0 Å². The zero-order chi connectivity index (χ0) is 78.3. The molecule has 1 aliphatic rings. The highest BCUT2D eigenvalue weighted by Crippen LogP contribution is 2.20. The van der Waals surface area contributed by atoms with Crippen molar-refractivity contribution in [2.24, 2.45) is 76.9 Å². The third-order valence-corrected chi connectivity index (χ3v) is 5.51. The minimum absolute atomic E-state index is 0.293. The molecule has 0 unspecified atom stereocenters. The molecule has 0 radical (unpaired) electrons. The fourth-order valence-corrected chi connectivity index (χ4v) is 3.19. The molecule has 0 bridgehead atoms. The third kappa shape index (κ3) is 357. The van der Waals surface area contributed by atoms with Gasteiger partial charge in [-0.1, -0.05) is 370 Å². The number of rotatable bonds is 0. The van der Waals surface area contributed by atoms with Crippen LogP contribution in [0.4, 0.5) is 0 Å². The van der Waals surface area contributed by atoms with Gasteiger partial charge in [-0.25, -0.2) is 9.97 Å². The van der Waals surface area contributed by atoms with Gasteiger partial charge in [0.25, 0.3) is 0 Å². The quantitative estimate of drug-likeness (QED) is 0.112. The highest BCUT2D eigenvalue weighted by molar-refractivity contribution is 7.07. The van der Waals surface area contributed by atoms with Crippen molar-refractivity contribution >= 4 is 11.3 Å². The molecule has 5 heterocycles. The lowest BCUT2D eigenvalue weighted by Crippen LogP contribution is -2.22. The molecule has 0 fully saturated rings. The number of thiophene rings is 1. The van der Waals surface area contributed by atoms with Crippen LogP contribution in [0.5, 0.6) is 0 Å². The Morgan fingerprint density at radius 2 is 0.562 bits per heavy atom. The smallest absolute Gasteiger partial charge is 0.180 e. The summed E-state index contributed by atoms with van der Waals surface area (Å²) in [4.78, 5) is 11.1. The average Bonchev–Trinajstić information content (AvgIpc) is 2.48. The van der Waals surface area contributed by atoms with Crippen molar-refractivity contribution in [1.29, 1.82) is 0 Å². The molecule has 0 N–H and O–H groups in total. The second kappa shape index (κ2) is 103. The van der Waals surface area contributed by atoms with E-state index in [0.29, 0.717) is 5.41 Å². The van der Waals surface area contributed by atoms with Gasteiger partial charge in [0.1, 0.15) is 6.33 Å². The predicted octanol–water partition coefficient (Wildman–Crippen LogP) is 31.0. The topological polar surface area (TPSA) is 78.8 Å². The van der Waals surface area contributed by atoms with Crippen LogP contribution in [-0.4, -0.2) is 15.0 Å². The van der Waals surface area contributed by atoms with E-state index < -0.39 is 0 Å². The summed E-state index contributed by atoms with van der Waals surface area (Å²) in [5.41, 5.74) is 1.69. The molecule has 96 heavy (non-hydrogen) atoms. The van der Waals surface area contributed by atoms with Gasteiger partial charge in [-0.2, -0.15) is 16.1 Å². The minimum atomic E-state index is 0.293. The number of hydrogen-bond donors (Lipinski definition) is 0. The lowest BCUT2D eigenvalue weighted by atomic mass is 9.87. The van der Waals surface area contributed by atoms with Crippen molar-refractivity contribution < 1.29 is 9.15 Å². The molecule has 0 atom stereocenters. The Kier molecular flexibility index (Phi) is 130. The predicted molar refractivity (Wildman–Crippen MR) is 449 cm³/mol. The molecular formula is C89H172N4O2S. The Hall–Kier alpha value is -5.14. The van der Waals surface area contributed by atoms with Gasteiger partial charge >= 0.3 is 0 Å². The molecule has 1 aromatic carbocycles. The number of pyridine rings is 2. The standard InChI is InChI=1S/C10H14.C5H5NO.C5H5N.C5H6.C4H4N2.C4H4O.C4H4S.13C4H10/c1-10(2,3)9-7-5-4-6-8-9;7-6-4-2-1-3-5-6;1-2-4-6-5-3-1;1-2-4-5-3-1;1-2-5-4-6-3-1;2*1-2-4-5-3-1;13*1-4(2)3/h4-8H,1-3H3;1-5H;1-5H;1-4H,5H2;1-4H;2*1-4H;13*4H,1-3H3. The highest BCUT2D eigenvalue weighted by atomic mass is 32.1. The summed E-state index contributed by atoms with van der Waals surface area (Å²) < 4.78 is 5.33. The van der Waals surface area contributed by atoms with E-state index in [9.17, 15) is 5.21 Å². The highest BCUT2D eigenvalue weighted by Gasteiger charge is 2.11. The normalized spacial score (nSPS) is 9.45. The van der Waals surface area contributed by atoms with Gasteiger partial charge < -0.3 is 9.62 Å². The number of hydrogen-bond acceptors (Lipinski definition) is 6. The Morgan fingerprint density at radius 3 is 0.667 bits per heavy atom. The van der Waals surface area contributed by atoms with Crippen molar-refractivity contribution in [2.45, 2.75) is 303 Å². The molecule has 7 rings (SSSR count). The van der Waals surface area contributed by atoms with Crippen LogP contribution >= 0.6 is 11.3 Å². The summed E-state index contributed by atoms with van der Waals surface area (Å²) in [6.07, 6.45) is 24.0. The zero-order valence-corrected chi connectivity index (χ0v) is 72.9. The van der Waals surface area contributed by atoms with E-state index in [2.05, 4.69) is 365 Å². The molecule has 566 valence electrons. The number of benzene rings is 1. The molecule has 1 aliphatic carbocycles. The van der Waals surface area contributed by atoms with E-state index in [1.165, 1.54) is 24.3 Å². The lowest BCUT2D eigenvalue weighted by Gasteiger charge is -2.18. The first-order chi connectivity index (χ1) is 44.0. The van der Waals surface area contributed by atoms with Crippen LogP contribution in [0.3, 0.4) is 0 Å². The Balaban J connectivity index is -0.0000000692. The lowest BCUT2D eigenvalue weighted by molar-refractivity contribution is -0.605. The summed E-state index contributed by atoms with van der Waals surface area (Å²) in [6, 6.07) is 30.9. The molecule has 0 saturated heterocycles. The van der Waals surface area contributed by atoms with Crippen LogP contribution in [-0.2, 0) is 5.41 Å². The van der Waals surface area contributed by atoms with Gasteiger partial charge in [0.15, 0.2) is 12.4 Å². The van der Waals surface area contributed by atoms with Crippen LogP contribution in [0.25, 0.3) is 0 Å². The first kappa shape index (κ1) is 121. The summed E-state index contributed by atoms with van der Waals surface area (Å²) in [6.45, 7) is 91.2. The van der Waals surface area contributed by atoms with Crippen LogP contribution in [0.2, 0.25) is 0 Å². The monoisotopic (exact) mass is 1360 g/mol. The van der Waals surface area contributed by atoms with Crippen molar-refractivity contribution in [3.05, 3.63) is 199 Å². The summed E-state index contributed by atoms with van der Waals surface area (Å²) >= 11 is 1.71.